The van der Waals surface area contributed by atoms with Crippen LogP contribution in [0.15, 0.2) is 28.9 Å². The van der Waals surface area contributed by atoms with E-state index in [-0.39, 0.29) is 16.6 Å². The monoisotopic (exact) mass is 287 g/mol. The van der Waals surface area contributed by atoms with Gasteiger partial charge in [0, 0.05) is 12.3 Å². The van der Waals surface area contributed by atoms with Gasteiger partial charge in [0.1, 0.15) is 17.2 Å². The summed E-state index contributed by atoms with van der Waals surface area (Å²) in [6.07, 6.45) is 1.45. The number of anilines is 1. The first-order valence-corrected chi connectivity index (χ1v) is 7.02. The molecule has 0 aliphatic carbocycles. The first-order valence-electron chi connectivity index (χ1n) is 4.99. The highest BCUT2D eigenvalue weighted by Gasteiger charge is 2.16. The van der Waals surface area contributed by atoms with Crippen LogP contribution in [0.4, 0.5) is 5.82 Å². The normalized spacial score (nSPS) is 11.4. The lowest BCUT2D eigenvalue weighted by molar-refractivity contribution is 0.392. The van der Waals surface area contributed by atoms with Gasteiger partial charge in [-0.05, 0) is 19.1 Å². The van der Waals surface area contributed by atoms with Gasteiger partial charge in [0.05, 0.1) is 5.02 Å². The van der Waals surface area contributed by atoms with Gasteiger partial charge < -0.3 is 4.52 Å². The Labute approximate surface area is 109 Å². The summed E-state index contributed by atoms with van der Waals surface area (Å²) in [6.45, 7) is 1.69. The smallest absolute Gasteiger partial charge is 0.239 e. The van der Waals surface area contributed by atoms with Crippen LogP contribution in [0, 0.1) is 6.92 Å². The van der Waals surface area contributed by atoms with Crippen molar-refractivity contribution in [2.24, 2.45) is 0 Å². The first-order chi connectivity index (χ1) is 8.46. The summed E-state index contributed by atoms with van der Waals surface area (Å²) >= 11 is 5.81. The highest BCUT2D eigenvalue weighted by molar-refractivity contribution is 7.91. The van der Waals surface area contributed by atoms with E-state index in [0.29, 0.717) is 11.5 Å². The van der Waals surface area contributed by atoms with Crippen molar-refractivity contribution in [1.82, 2.24) is 10.1 Å². The van der Waals surface area contributed by atoms with Crippen LogP contribution < -0.4 is 4.72 Å². The molecule has 0 spiro atoms. The molecule has 0 aliphatic rings. The average molecular weight is 288 g/mol. The van der Waals surface area contributed by atoms with E-state index in [2.05, 4.69) is 14.9 Å². The van der Waals surface area contributed by atoms with Crippen LogP contribution in [0.2, 0.25) is 5.02 Å². The van der Waals surface area contributed by atoms with E-state index in [1.807, 2.05) is 0 Å². The number of sulfonamides is 1. The zero-order valence-corrected chi connectivity index (χ0v) is 11.0. The molecule has 18 heavy (non-hydrogen) atoms. The predicted octanol–water partition coefficient (Wildman–Crippen LogP) is 1.97. The fourth-order valence-electron chi connectivity index (χ4n) is 1.32. The molecule has 0 fully saturated rings. The number of pyridine rings is 1. The number of hydrogen-bond acceptors (Lipinski definition) is 5. The molecule has 1 N–H and O–H groups in total. The van der Waals surface area contributed by atoms with Crippen LogP contribution in [0.3, 0.4) is 0 Å². The quantitative estimate of drug-likeness (QED) is 0.929. The first kappa shape index (κ1) is 12.8. The maximum atomic E-state index is 11.8. The van der Waals surface area contributed by atoms with Gasteiger partial charge in [-0.3, -0.25) is 4.72 Å². The van der Waals surface area contributed by atoms with Crippen LogP contribution in [-0.4, -0.2) is 18.6 Å². The van der Waals surface area contributed by atoms with Gasteiger partial charge in [-0.2, -0.15) is 0 Å². The molecule has 0 radical (unpaired) electrons. The van der Waals surface area contributed by atoms with E-state index < -0.39 is 10.0 Å². The fraction of sp³-hybridized carbons (Fsp3) is 0.200. The number of nitrogens with zero attached hydrogens (tertiary/aromatic N) is 2. The van der Waals surface area contributed by atoms with Gasteiger partial charge in [-0.1, -0.05) is 16.8 Å². The largest absolute Gasteiger partial charge is 0.361 e. The number of aryl methyl sites for hydroxylation is 1. The molecule has 2 aromatic rings. The van der Waals surface area contributed by atoms with Gasteiger partial charge in [0.15, 0.2) is 5.82 Å². The molecule has 0 atom stereocenters. The minimum absolute atomic E-state index is 0.0967. The van der Waals surface area contributed by atoms with Crippen LogP contribution >= 0.6 is 11.6 Å². The maximum Gasteiger partial charge on any atom is 0.239 e. The lowest BCUT2D eigenvalue weighted by Crippen LogP contribution is -2.16. The third-order valence-electron chi connectivity index (χ3n) is 2.03. The van der Waals surface area contributed by atoms with Gasteiger partial charge in [0.25, 0.3) is 0 Å². The fourth-order valence-corrected chi connectivity index (χ4v) is 2.60. The molecule has 6 nitrogen and oxygen atoms in total. The van der Waals surface area contributed by atoms with Crippen molar-refractivity contribution < 1.29 is 12.9 Å². The second kappa shape index (κ2) is 4.95. The van der Waals surface area contributed by atoms with Gasteiger partial charge in [-0.15, -0.1) is 0 Å². The molecule has 0 bridgehead atoms. The Hall–Kier alpha value is -1.60. The number of rotatable bonds is 4. The zero-order valence-electron chi connectivity index (χ0n) is 9.42. The molecule has 0 amide bonds. The molecule has 96 valence electrons. The summed E-state index contributed by atoms with van der Waals surface area (Å²) in [4.78, 5) is 3.84. The summed E-state index contributed by atoms with van der Waals surface area (Å²) in [5.74, 6) is 0.354. The molecule has 0 saturated heterocycles. The predicted molar refractivity (Wildman–Crippen MR) is 66.7 cm³/mol. The average Bonchev–Trinajstić information content (AvgIpc) is 2.66. The van der Waals surface area contributed by atoms with Crippen LogP contribution in [0.1, 0.15) is 11.5 Å². The standard InChI is InChI=1S/C10H10ClN3O3S/c1-7-5-8(13-17-7)6-18(15,16)14-10-9(11)3-2-4-12-10/h2-5H,6H2,1H3,(H,12,14). The molecule has 8 heteroatoms. The van der Waals surface area contributed by atoms with E-state index in [1.54, 1.807) is 25.1 Å². The molecule has 0 aromatic carbocycles. The van der Waals surface area contributed by atoms with E-state index in [4.69, 9.17) is 16.1 Å². The van der Waals surface area contributed by atoms with Crippen molar-refractivity contribution >= 4 is 27.4 Å². The van der Waals surface area contributed by atoms with Crippen molar-refractivity contribution in [2.45, 2.75) is 12.7 Å². The molecular weight excluding hydrogens is 278 g/mol. The topological polar surface area (TPSA) is 85.1 Å². The molecule has 2 aromatic heterocycles. The third kappa shape index (κ3) is 3.21. The molecule has 2 rings (SSSR count). The number of aromatic nitrogens is 2. The van der Waals surface area contributed by atoms with Crippen molar-refractivity contribution in [3.8, 4) is 0 Å². The van der Waals surface area contributed by atoms with E-state index >= 15 is 0 Å². The minimum atomic E-state index is -3.62. The molecular formula is C10H10ClN3O3S. The Balaban J connectivity index is 2.15. The Morgan fingerprint density at radius 2 is 2.28 bits per heavy atom. The number of halogens is 1. The van der Waals surface area contributed by atoms with E-state index in [0.717, 1.165) is 0 Å². The lowest BCUT2D eigenvalue weighted by atomic mass is 10.4. The van der Waals surface area contributed by atoms with Crippen molar-refractivity contribution in [3.05, 3.63) is 40.9 Å². The SMILES string of the molecule is Cc1cc(CS(=O)(=O)Nc2ncccc2Cl)no1. The molecule has 0 aliphatic heterocycles. The van der Waals surface area contributed by atoms with Crippen LogP contribution in [-0.2, 0) is 15.8 Å². The maximum absolute atomic E-state index is 11.8. The Kier molecular flexibility index (Phi) is 3.53. The van der Waals surface area contributed by atoms with Gasteiger partial charge in [0.2, 0.25) is 10.0 Å². The van der Waals surface area contributed by atoms with Crippen molar-refractivity contribution in [1.29, 1.82) is 0 Å². The third-order valence-corrected chi connectivity index (χ3v) is 3.51. The highest BCUT2D eigenvalue weighted by atomic mass is 35.5. The Morgan fingerprint density at radius 1 is 1.50 bits per heavy atom. The van der Waals surface area contributed by atoms with Crippen molar-refractivity contribution in [2.75, 3.05) is 4.72 Å². The molecule has 2 heterocycles. The van der Waals surface area contributed by atoms with Crippen molar-refractivity contribution in [3.63, 3.8) is 0 Å². The minimum Gasteiger partial charge on any atom is -0.361 e. The van der Waals surface area contributed by atoms with Crippen LogP contribution in [0.25, 0.3) is 0 Å². The van der Waals surface area contributed by atoms with Crippen LogP contribution in [0.5, 0.6) is 0 Å². The summed E-state index contributed by atoms with van der Waals surface area (Å²) in [6, 6.07) is 4.72. The lowest BCUT2D eigenvalue weighted by Gasteiger charge is -2.06. The zero-order chi connectivity index (χ0) is 13.2. The molecule has 0 unspecified atom stereocenters. The second-order valence-electron chi connectivity index (χ2n) is 3.62. The summed E-state index contributed by atoms with van der Waals surface area (Å²) < 4.78 is 30.8. The second-order valence-corrected chi connectivity index (χ2v) is 5.75. The summed E-state index contributed by atoms with van der Waals surface area (Å²) in [5, 5.41) is 3.85. The Morgan fingerprint density at radius 3 is 2.89 bits per heavy atom. The van der Waals surface area contributed by atoms with E-state index in [9.17, 15) is 8.42 Å². The molecule has 0 saturated carbocycles. The van der Waals surface area contributed by atoms with Gasteiger partial charge in [-0.25, -0.2) is 13.4 Å². The summed E-state index contributed by atoms with van der Waals surface area (Å²) in [5.41, 5.74) is 0.326. The number of hydrogen-bond donors (Lipinski definition) is 1. The van der Waals surface area contributed by atoms with Gasteiger partial charge >= 0.3 is 0 Å². The summed E-state index contributed by atoms with van der Waals surface area (Å²) in [7, 11) is -3.62. The number of nitrogens with one attached hydrogen (secondary N) is 1. The Bertz CT molecular complexity index is 654. The highest BCUT2D eigenvalue weighted by Crippen LogP contribution is 2.19. The van der Waals surface area contributed by atoms with E-state index in [1.165, 1.54) is 6.20 Å².